The minimum absolute atomic E-state index is 0.0575. The minimum atomic E-state index is -0.784. The fourth-order valence-corrected chi connectivity index (χ4v) is 4.50. The summed E-state index contributed by atoms with van der Waals surface area (Å²) < 4.78 is 18.8. The van der Waals surface area contributed by atoms with Crippen molar-refractivity contribution >= 4 is 22.7 Å². The Morgan fingerprint density at radius 2 is 1.71 bits per heavy atom. The number of carbonyl (C=O) groups excluding carboxylic acids is 2. The van der Waals surface area contributed by atoms with Crippen molar-refractivity contribution in [1.29, 1.82) is 0 Å². The summed E-state index contributed by atoms with van der Waals surface area (Å²) in [6.45, 7) is 6.02. The van der Waals surface area contributed by atoms with Crippen LogP contribution in [0, 0.1) is 11.7 Å². The third-order valence-electron chi connectivity index (χ3n) is 6.07. The molecule has 2 unspecified atom stereocenters. The normalized spacial score (nSPS) is 19.1. The van der Waals surface area contributed by atoms with E-state index in [-0.39, 0.29) is 30.5 Å². The Morgan fingerprint density at radius 1 is 1.00 bits per heavy atom. The van der Waals surface area contributed by atoms with Gasteiger partial charge >= 0.3 is 6.16 Å². The van der Waals surface area contributed by atoms with Crippen LogP contribution >= 0.6 is 0 Å². The zero-order chi connectivity index (χ0) is 24.3. The number of nitrogens with zero attached hydrogens (tertiary/aromatic N) is 1. The number of Topliss-reactive ketones (excluding diaryl/α,β-unsaturated/α-hetero) is 1. The van der Waals surface area contributed by atoms with Gasteiger partial charge in [-0.3, -0.25) is 4.79 Å². The van der Waals surface area contributed by atoms with Gasteiger partial charge in [0.05, 0.1) is 0 Å². The molecule has 3 aromatic rings. The molecule has 3 aromatic carbocycles. The molecule has 1 heterocycles. The van der Waals surface area contributed by atoms with Gasteiger partial charge in [-0.1, -0.05) is 54.6 Å². The van der Waals surface area contributed by atoms with Crippen LogP contribution in [0.3, 0.4) is 0 Å². The molecule has 0 spiro atoms. The molecule has 5 nitrogen and oxygen atoms in total. The maximum absolute atomic E-state index is 13.5. The van der Waals surface area contributed by atoms with E-state index in [9.17, 15) is 14.0 Å². The maximum Gasteiger partial charge on any atom is 0.528 e. The lowest BCUT2D eigenvalue weighted by molar-refractivity contribution is -0.166. The van der Waals surface area contributed by atoms with Crippen molar-refractivity contribution in [2.45, 2.75) is 45.1 Å². The average Bonchev–Trinajstić information content (AvgIpc) is 2.78. The van der Waals surface area contributed by atoms with Crippen LogP contribution in [0.4, 0.5) is 9.18 Å². The molecule has 1 aliphatic rings. The molecule has 178 valence electrons. The van der Waals surface area contributed by atoms with Crippen LogP contribution in [0.15, 0.2) is 66.7 Å². The first-order chi connectivity index (χ1) is 16.2. The van der Waals surface area contributed by atoms with Crippen LogP contribution in [0.5, 0.6) is 0 Å². The smallest absolute Gasteiger partial charge is 0.427 e. The van der Waals surface area contributed by atoms with Gasteiger partial charge in [-0.05, 0) is 67.1 Å². The minimum Gasteiger partial charge on any atom is -0.427 e. The van der Waals surface area contributed by atoms with E-state index in [0.717, 1.165) is 21.9 Å². The Bertz CT molecular complexity index is 1170. The van der Waals surface area contributed by atoms with Crippen molar-refractivity contribution in [3.05, 3.63) is 83.7 Å². The quantitative estimate of drug-likeness (QED) is 0.430. The number of piperidine rings is 1. The summed E-state index contributed by atoms with van der Waals surface area (Å²) in [5.74, 6) is -0.754. The summed E-state index contributed by atoms with van der Waals surface area (Å²) in [5, 5.41) is 3.72. The van der Waals surface area contributed by atoms with Crippen molar-refractivity contribution in [2.24, 2.45) is 5.92 Å². The summed E-state index contributed by atoms with van der Waals surface area (Å²) >= 11 is 0. The van der Waals surface area contributed by atoms with Gasteiger partial charge < -0.3 is 9.57 Å². The second-order valence-electron chi connectivity index (χ2n) is 9.82. The predicted molar refractivity (Wildman–Crippen MR) is 129 cm³/mol. The maximum atomic E-state index is 13.5. The standard InChI is InChI=1S/C28H30FNO4/c1-28(2,3)33-27(32)34-30-15-14-24(21-10-12-23(29)13-11-21)25(18-30)26(31)17-19-8-9-20-6-4-5-7-22(20)16-19/h4-13,16,24-25H,14-15,17-18H2,1-3H3. The van der Waals surface area contributed by atoms with E-state index in [4.69, 9.17) is 9.57 Å². The molecule has 0 N–H and O–H groups in total. The van der Waals surface area contributed by atoms with Gasteiger partial charge in [0.1, 0.15) is 17.2 Å². The van der Waals surface area contributed by atoms with E-state index in [1.54, 1.807) is 32.9 Å². The molecule has 0 radical (unpaired) electrons. The lowest BCUT2D eigenvalue weighted by Crippen LogP contribution is -2.44. The molecule has 2 atom stereocenters. The van der Waals surface area contributed by atoms with E-state index in [1.165, 1.54) is 17.2 Å². The largest absolute Gasteiger partial charge is 0.528 e. The highest BCUT2D eigenvalue weighted by atomic mass is 19.1. The molecule has 1 aliphatic heterocycles. The number of ketones is 1. The number of hydrogen-bond donors (Lipinski definition) is 0. The number of hydroxylamine groups is 2. The molecular formula is C28H30FNO4. The molecule has 0 amide bonds. The first-order valence-electron chi connectivity index (χ1n) is 11.6. The van der Waals surface area contributed by atoms with Crippen LogP contribution in [0.25, 0.3) is 10.8 Å². The topological polar surface area (TPSA) is 55.8 Å². The summed E-state index contributed by atoms with van der Waals surface area (Å²) in [6.07, 6.45) is 0.0872. The van der Waals surface area contributed by atoms with Gasteiger partial charge in [0.2, 0.25) is 0 Å². The predicted octanol–water partition coefficient (Wildman–Crippen LogP) is 6.06. The second kappa shape index (κ2) is 9.94. The van der Waals surface area contributed by atoms with Crippen LogP contribution in [-0.4, -0.2) is 35.7 Å². The van der Waals surface area contributed by atoms with E-state index in [2.05, 4.69) is 0 Å². The van der Waals surface area contributed by atoms with Crippen LogP contribution in [-0.2, 0) is 20.8 Å². The SMILES string of the molecule is CC(C)(C)OC(=O)ON1CCC(c2ccc(F)cc2)C(C(=O)Cc2ccc3ccccc3c2)C1. The zero-order valence-electron chi connectivity index (χ0n) is 19.8. The van der Waals surface area contributed by atoms with Crippen molar-refractivity contribution < 1.29 is 23.6 Å². The van der Waals surface area contributed by atoms with E-state index < -0.39 is 17.7 Å². The third kappa shape index (κ3) is 6.00. The van der Waals surface area contributed by atoms with E-state index in [1.807, 2.05) is 42.5 Å². The first-order valence-corrected chi connectivity index (χ1v) is 11.6. The Morgan fingerprint density at radius 3 is 2.41 bits per heavy atom. The first kappa shape index (κ1) is 23.9. The molecule has 0 aromatic heterocycles. The van der Waals surface area contributed by atoms with Gasteiger partial charge in [0, 0.05) is 25.4 Å². The number of benzene rings is 3. The Labute approximate surface area is 199 Å². The molecule has 34 heavy (non-hydrogen) atoms. The van der Waals surface area contributed by atoms with Gasteiger partial charge in [0.15, 0.2) is 0 Å². The number of fused-ring (bicyclic) bond motifs is 1. The van der Waals surface area contributed by atoms with Crippen molar-refractivity contribution in [2.75, 3.05) is 13.1 Å². The van der Waals surface area contributed by atoms with Gasteiger partial charge in [-0.15, -0.1) is 5.06 Å². The van der Waals surface area contributed by atoms with Gasteiger partial charge in [-0.25, -0.2) is 9.18 Å². The fraction of sp³-hybridized carbons (Fsp3) is 0.357. The highest BCUT2D eigenvalue weighted by Crippen LogP contribution is 2.35. The number of carbonyl (C=O) groups is 2. The Balaban J connectivity index is 1.54. The molecule has 1 saturated heterocycles. The Hall–Kier alpha value is -3.25. The highest BCUT2D eigenvalue weighted by molar-refractivity contribution is 5.87. The van der Waals surface area contributed by atoms with Gasteiger partial charge in [-0.2, -0.15) is 0 Å². The average molecular weight is 464 g/mol. The van der Waals surface area contributed by atoms with Crippen LogP contribution in [0.1, 0.15) is 44.2 Å². The molecule has 0 bridgehead atoms. The summed E-state index contributed by atoms with van der Waals surface area (Å²) in [4.78, 5) is 31.2. The zero-order valence-corrected chi connectivity index (χ0v) is 19.8. The fourth-order valence-electron chi connectivity index (χ4n) is 4.50. The van der Waals surface area contributed by atoms with Crippen molar-refractivity contribution in [1.82, 2.24) is 5.06 Å². The Kier molecular flexibility index (Phi) is 6.98. The van der Waals surface area contributed by atoms with Crippen LogP contribution < -0.4 is 0 Å². The summed E-state index contributed by atoms with van der Waals surface area (Å²) in [6, 6.07) is 20.4. The number of ether oxygens (including phenoxy) is 1. The van der Waals surface area contributed by atoms with Crippen molar-refractivity contribution in [3.8, 4) is 0 Å². The molecule has 0 saturated carbocycles. The number of rotatable bonds is 5. The monoisotopic (exact) mass is 463 g/mol. The lowest BCUT2D eigenvalue weighted by atomic mass is 9.77. The summed E-state index contributed by atoms with van der Waals surface area (Å²) in [5.41, 5.74) is 1.18. The van der Waals surface area contributed by atoms with Crippen LogP contribution in [0.2, 0.25) is 0 Å². The summed E-state index contributed by atoms with van der Waals surface area (Å²) in [7, 11) is 0. The number of hydrogen-bond acceptors (Lipinski definition) is 5. The molecule has 0 aliphatic carbocycles. The molecular weight excluding hydrogens is 433 g/mol. The van der Waals surface area contributed by atoms with Gasteiger partial charge in [0.25, 0.3) is 0 Å². The van der Waals surface area contributed by atoms with E-state index in [0.29, 0.717) is 13.0 Å². The lowest BCUT2D eigenvalue weighted by Gasteiger charge is -2.37. The third-order valence-corrected chi connectivity index (χ3v) is 6.07. The van der Waals surface area contributed by atoms with Crippen molar-refractivity contribution in [3.63, 3.8) is 0 Å². The van der Waals surface area contributed by atoms with E-state index >= 15 is 0 Å². The number of halogens is 1. The molecule has 1 fully saturated rings. The molecule has 4 rings (SSSR count). The second-order valence-corrected chi connectivity index (χ2v) is 9.82. The molecule has 6 heteroatoms. The highest BCUT2D eigenvalue weighted by Gasteiger charge is 2.37.